The monoisotopic (exact) mass is 313 g/mol. The van der Waals surface area contributed by atoms with E-state index in [1.165, 1.54) is 12.8 Å². The number of aromatic nitrogens is 2. The van der Waals surface area contributed by atoms with E-state index in [9.17, 15) is 0 Å². The Bertz CT molecular complexity index is 437. The number of hydrogen-bond acceptors (Lipinski definition) is 6. The van der Waals surface area contributed by atoms with Crippen LogP contribution in [0.1, 0.15) is 19.3 Å². The highest BCUT2D eigenvalue weighted by Gasteiger charge is 2.20. The van der Waals surface area contributed by atoms with Gasteiger partial charge in [0.2, 0.25) is 0 Å². The van der Waals surface area contributed by atoms with Gasteiger partial charge in [0, 0.05) is 26.2 Å². The topological polar surface area (TPSA) is 67.5 Å². The molecule has 1 saturated heterocycles. The average molecular weight is 314 g/mol. The van der Waals surface area contributed by atoms with Crippen LogP contribution < -0.4 is 15.4 Å². The fourth-order valence-corrected chi connectivity index (χ4v) is 2.71. The van der Waals surface area contributed by atoms with E-state index >= 15 is 0 Å². The Balaban J connectivity index is 1.83. The molecule has 1 aromatic heterocycles. The predicted molar refractivity (Wildman–Crippen MR) is 85.2 cm³/mol. The maximum atomic E-state index is 6.19. The standard InChI is InChI=1S/C14H24ClN5O/c1-21-14-17-11-12(15)13(18-14)20-9-7-19(8-10-20)6-4-2-3-5-16/h11H,2-10,16H2,1H3. The molecule has 0 saturated carbocycles. The molecular weight excluding hydrogens is 290 g/mol. The van der Waals surface area contributed by atoms with Crippen molar-refractivity contribution in [2.75, 3.05) is 51.3 Å². The summed E-state index contributed by atoms with van der Waals surface area (Å²) in [5, 5.41) is 0.576. The molecule has 0 amide bonds. The van der Waals surface area contributed by atoms with Crippen molar-refractivity contribution in [2.45, 2.75) is 19.3 Å². The zero-order valence-corrected chi connectivity index (χ0v) is 13.3. The first kappa shape index (κ1) is 16.3. The van der Waals surface area contributed by atoms with Gasteiger partial charge in [-0.3, -0.25) is 4.90 Å². The van der Waals surface area contributed by atoms with E-state index in [1.54, 1.807) is 13.3 Å². The maximum Gasteiger partial charge on any atom is 0.318 e. The lowest BCUT2D eigenvalue weighted by molar-refractivity contribution is 0.251. The van der Waals surface area contributed by atoms with Crippen molar-refractivity contribution in [3.8, 4) is 6.01 Å². The molecule has 0 aromatic carbocycles. The smallest absolute Gasteiger partial charge is 0.318 e. The molecular formula is C14H24ClN5O. The van der Waals surface area contributed by atoms with Crippen molar-refractivity contribution >= 4 is 17.4 Å². The van der Waals surface area contributed by atoms with E-state index in [2.05, 4.69) is 19.8 Å². The van der Waals surface area contributed by atoms with Gasteiger partial charge in [-0.15, -0.1) is 0 Å². The van der Waals surface area contributed by atoms with Gasteiger partial charge in [-0.05, 0) is 25.9 Å². The summed E-state index contributed by atoms with van der Waals surface area (Å²) in [5.74, 6) is 0.770. The fourth-order valence-electron chi connectivity index (χ4n) is 2.50. The third-order valence-electron chi connectivity index (χ3n) is 3.74. The highest BCUT2D eigenvalue weighted by molar-refractivity contribution is 6.32. The van der Waals surface area contributed by atoms with E-state index in [4.69, 9.17) is 22.1 Å². The van der Waals surface area contributed by atoms with Gasteiger partial charge in [0.15, 0.2) is 5.82 Å². The highest BCUT2D eigenvalue weighted by Crippen LogP contribution is 2.25. The molecule has 118 valence electrons. The summed E-state index contributed by atoms with van der Waals surface area (Å²) in [6.45, 7) is 5.86. The molecule has 1 aliphatic rings. The molecule has 0 spiro atoms. The van der Waals surface area contributed by atoms with Crippen molar-refractivity contribution in [3.63, 3.8) is 0 Å². The lowest BCUT2D eigenvalue weighted by atomic mass is 10.2. The number of hydrogen-bond donors (Lipinski definition) is 1. The van der Waals surface area contributed by atoms with Crippen LogP contribution in [0.25, 0.3) is 0 Å². The summed E-state index contributed by atoms with van der Waals surface area (Å²) in [6, 6.07) is 0.360. The van der Waals surface area contributed by atoms with Gasteiger partial charge in [-0.2, -0.15) is 4.98 Å². The molecule has 1 aromatic rings. The van der Waals surface area contributed by atoms with Gasteiger partial charge in [0.05, 0.1) is 13.3 Å². The zero-order valence-electron chi connectivity index (χ0n) is 12.6. The number of rotatable bonds is 7. The van der Waals surface area contributed by atoms with Crippen LogP contribution in [-0.2, 0) is 0 Å². The van der Waals surface area contributed by atoms with Crippen LogP contribution in [-0.4, -0.2) is 61.2 Å². The van der Waals surface area contributed by atoms with Gasteiger partial charge in [0.1, 0.15) is 5.02 Å². The molecule has 1 fully saturated rings. The van der Waals surface area contributed by atoms with Crippen molar-refractivity contribution in [1.29, 1.82) is 0 Å². The van der Waals surface area contributed by atoms with Crippen LogP contribution in [0, 0.1) is 0 Å². The molecule has 0 aliphatic carbocycles. The highest BCUT2D eigenvalue weighted by atomic mass is 35.5. The largest absolute Gasteiger partial charge is 0.467 e. The molecule has 0 radical (unpaired) electrons. The van der Waals surface area contributed by atoms with Crippen LogP contribution >= 0.6 is 11.6 Å². The van der Waals surface area contributed by atoms with Gasteiger partial charge in [-0.1, -0.05) is 18.0 Å². The zero-order chi connectivity index (χ0) is 15.1. The first-order chi connectivity index (χ1) is 10.2. The van der Waals surface area contributed by atoms with E-state index in [0.29, 0.717) is 11.0 Å². The Hall–Kier alpha value is -1.11. The molecule has 0 bridgehead atoms. The van der Waals surface area contributed by atoms with Gasteiger partial charge < -0.3 is 15.4 Å². The molecule has 2 heterocycles. The summed E-state index contributed by atoms with van der Waals surface area (Å²) in [5.41, 5.74) is 5.51. The second kappa shape index (κ2) is 8.36. The molecule has 21 heavy (non-hydrogen) atoms. The summed E-state index contributed by atoms with van der Waals surface area (Å²) in [4.78, 5) is 13.0. The Morgan fingerprint density at radius 2 is 2.00 bits per heavy atom. The molecule has 7 heteroatoms. The number of anilines is 1. The minimum Gasteiger partial charge on any atom is -0.467 e. The van der Waals surface area contributed by atoms with E-state index < -0.39 is 0 Å². The van der Waals surface area contributed by atoms with Crippen LogP contribution in [0.4, 0.5) is 5.82 Å². The number of halogens is 1. The SMILES string of the molecule is COc1ncc(Cl)c(N2CCN(CCCCCN)CC2)n1. The Kier molecular flexibility index (Phi) is 6.48. The molecule has 6 nitrogen and oxygen atoms in total. The molecule has 2 rings (SSSR count). The lowest BCUT2D eigenvalue weighted by Gasteiger charge is -2.35. The van der Waals surface area contributed by atoms with Gasteiger partial charge in [0.25, 0.3) is 0 Å². The quantitative estimate of drug-likeness (QED) is 0.767. The van der Waals surface area contributed by atoms with Gasteiger partial charge >= 0.3 is 6.01 Å². The average Bonchev–Trinajstić information content (AvgIpc) is 2.53. The van der Waals surface area contributed by atoms with Crippen molar-refractivity contribution in [1.82, 2.24) is 14.9 Å². The minimum atomic E-state index is 0.360. The molecule has 2 N–H and O–H groups in total. The van der Waals surface area contributed by atoms with Crippen LogP contribution in [0.5, 0.6) is 6.01 Å². The second-order valence-electron chi connectivity index (χ2n) is 5.21. The number of nitrogens with two attached hydrogens (primary N) is 1. The number of ether oxygens (including phenoxy) is 1. The van der Waals surface area contributed by atoms with Crippen LogP contribution in [0.15, 0.2) is 6.20 Å². The first-order valence-electron chi connectivity index (χ1n) is 7.48. The maximum absolute atomic E-state index is 6.19. The van der Waals surface area contributed by atoms with Crippen LogP contribution in [0.3, 0.4) is 0 Å². The molecule has 1 aliphatic heterocycles. The van der Waals surface area contributed by atoms with E-state index in [0.717, 1.165) is 51.5 Å². The number of nitrogens with zero attached hydrogens (tertiary/aromatic N) is 4. The van der Waals surface area contributed by atoms with Crippen molar-refractivity contribution in [2.24, 2.45) is 5.73 Å². The first-order valence-corrected chi connectivity index (χ1v) is 7.86. The van der Waals surface area contributed by atoms with E-state index in [1.807, 2.05) is 0 Å². The predicted octanol–water partition coefficient (Wildman–Crippen LogP) is 1.39. The third-order valence-corrected chi connectivity index (χ3v) is 4.00. The lowest BCUT2D eigenvalue weighted by Crippen LogP contribution is -2.47. The summed E-state index contributed by atoms with van der Waals surface area (Å²) < 4.78 is 5.07. The summed E-state index contributed by atoms with van der Waals surface area (Å²) in [7, 11) is 1.56. The Labute approximate surface area is 131 Å². The number of unbranched alkanes of at least 4 members (excludes halogenated alkanes) is 2. The summed E-state index contributed by atoms with van der Waals surface area (Å²) in [6.07, 6.45) is 5.16. The minimum absolute atomic E-state index is 0.360. The number of methoxy groups -OCH3 is 1. The fraction of sp³-hybridized carbons (Fsp3) is 0.714. The van der Waals surface area contributed by atoms with E-state index in [-0.39, 0.29) is 0 Å². The van der Waals surface area contributed by atoms with Crippen molar-refractivity contribution in [3.05, 3.63) is 11.2 Å². The number of piperazine rings is 1. The molecule has 0 atom stereocenters. The van der Waals surface area contributed by atoms with Crippen LogP contribution in [0.2, 0.25) is 5.02 Å². The summed E-state index contributed by atoms with van der Waals surface area (Å²) >= 11 is 6.19. The van der Waals surface area contributed by atoms with Gasteiger partial charge in [-0.25, -0.2) is 4.98 Å². The Morgan fingerprint density at radius 3 is 2.67 bits per heavy atom. The van der Waals surface area contributed by atoms with Crippen molar-refractivity contribution < 1.29 is 4.74 Å². The normalized spacial score (nSPS) is 16.2. The second-order valence-corrected chi connectivity index (χ2v) is 5.61. The molecule has 0 unspecified atom stereocenters. The Morgan fingerprint density at radius 1 is 1.24 bits per heavy atom. The third kappa shape index (κ3) is 4.69.